The quantitative estimate of drug-likeness (QED) is 0.169. The van der Waals surface area contributed by atoms with Crippen molar-refractivity contribution in [3.8, 4) is 56.2 Å². The normalized spacial score (nSPS) is 11.7. The summed E-state index contributed by atoms with van der Waals surface area (Å²) in [6, 6.07) is 57.7. The molecule has 11 rings (SSSR count). The zero-order valence-corrected chi connectivity index (χ0v) is 29.0. The predicted molar refractivity (Wildman–Crippen MR) is 221 cm³/mol. The summed E-state index contributed by atoms with van der Waals surface area (Å²) < 4.78 is 0. The fourth-order valence-corrected chi connectivity index (χ4v) is 7.86. The van der Waals surface area contributed by atoms with Crippen LogP contribution in [-0.4, -0.2) is 25.1 Å². The molecule has 0 aliphatic carbocycles. The van der Waals surface area contributed by atoms with Gasteiger partial charge >= 0.3 is 0 Å². The van der Waals surface area contributed by atoms with Gasteiger partial charge in [-0.2, -0.15) is 0 Å². The lowest BCUT2D eigenvalue weighted by Crippen LogP contribution is -1.92. The van der Waals surface area contributed by atoms with E-state index in [9.17, 15) is 0 Å². The highest BCUT2D eigenvalue weighted by atomic mass is 15.1. The summed E-state index contributed by atoms with van der Waals surface area (Å²) >= 11 is 0. The highest BCUT2D eigenvalue weighted by molar-refractivity contribution is 6.25. The Morgan fingerprint density at radius 2 is 0.796 bits per heavy atom. The van der Waals surface area contributed by atoms with Crippen molar-refractivity contribution in [2.45, 2.75) is 0 Å². The van der Waals surface area contributed by atoms with Gasteiger partial charge in [0.1, 0.15) is 0 Å². The molecule has 0 spiro atoms. The Morgan fingerprint density at radius 3 is 1.39 bits per heavy atom. The monoisotopic (exact) mass is 687 g/mol. The van der Waals surface area contributed by atoms with Gasteiger partial charge in [0.15, 0.2) is 0 Å². The predicted octanol–water partition coefficient (Wildman–Crippen LogP) is 12.2. The van der Waals surface area contributed by atoms with Crippen molar-refractivity contribution in [3.63, 3.8) is 0 Å². The Labute approximate surface area is 310 Å². The molecule has 0 radical (unpaired) electrons. The number of rotatable bonds is 5. The minimum absolute atomic E-state index is 0.796. The van der Waals surface area contributed by atoms with E-state index >= 15 is 0 Å². The lowest BCUT2D eigenvalue weighted by atomic mass is 9.89. The van der Waals surface area contributed by atoms with Crippen LogP contribution in [0, 0.1) is 0 Å². The van der Waals surface area contributed by atoms with Crippen LogP contribution in [0.15, 0.2) is 176 Å². The molecule has 0 N–H and O–H groups in total. The van der Waals surface area contributed by atoms with Crippen LogP contribution in [0.1, 0.15) is 0 Å². The van der Waals surface area contributed by atoms with Gasteiger partial charge in [0.05, 0.1) is 33.8 Å². The summed E-state index contributed by atoms with van der Waals surface area (Å²) in [5, 5.41) is 18.8. The average molecular weight is 688 g/mol. The molecule has 0 unspecified atom stereocenters. The number of hydrogen-bond acceptors (Lipinski definition) is 5. The number of benzene rings is 7. The van der Waals surface area contributed by atoms with Crippen LogP contribution in [0.25, 0.3) is 110 Å². The van der Waals surface area contributed by atoms with E-state index in [0.717, 1.165) is 66.8 Å². The van der Waals surface area contributed by atoms with Crippen LogP contribution in [0.4, 0.5) is 0 Å². The molecule has 0 fully saturated rings. The first-order valence-electron chi connectivity index (χ1n) is 18.1. The van der Waals surface area contributed by atoms with Gasteiger partial charge in [-0.15, -0.1) is 10.2 Å². The van der Waals surface area contributed by atoms with Crippen LogP contribution < -0.4 is 0 Å². The molecule has 54 heavy (non-hydrogen) atoms. The Bertz CT molecular complexity index is 3160. The van der Waals surface area contributed by atoms with E-state index in [4.69, 9.17) is 9.97 Å². The summed E-state index contributed by atoms with van der Waals surface area (Å²) in [5.41, 5.74) is 11.7. The maximum atomic E-state index is 5.22. The van der Waals surface area contributed by atoms with E-state index in [1.54, 1.807) is 12.4 Å². The van der Waals surface area contributed by atoms with E-state index in [0.29, 0.717) is 0 Å². The third-order valence-electron chi connectivity index (χ3n) is 10.6. The molecule has 0 amide bonds. The summed E-state index contributed by atoms with van der Waals surface area (Å²) in [6.45, 7) is 0. The second kappa shape index (κ2) is 12.1. The third kappa shape index (κ3) is 4.98. The second-order valence-corrected chi connectivity index (χ2v) is 13.8. The van der Waals surface area contributed by atoms with Gasteiger partial charge in [-0.05, 0) is 79.8 Å². The molecule has 0 bridgehead atoms. The molecule has 11 aromatic rings. The number of hydrogen-bond donors (Lipinski definition) is 0. The van der Waals surface area contributed by atoms with Gasteiger partial charge in [0.25, 0.3) is 0 Å². The maximum absolute atomic E-state index is 5.22. The fourth-order valence-electron chi connectivity index (χ4n) is 7.86. The molecular formula is C49H29N5. The fraction of sp³-hybridized carbons (Fsp3) is 0. The lowest BCUT2D eigenvalue weighted by Gasteiger charge is -2.14. The Morgan fingerprint density at radius 1 is 0.315 bits per heavy atom. The average Bonchev–Trinajstić information content (AvgIpc) is 3.25. The zero-order chi connectivity index (χ0) is 35.6. The van der Waals surface area contributed by atoms with Gasteiger partial charge < -0.3 is 0 Å². The molecule has 0 aliphatic heterocycles. The topological polar surface area (TPSA) is 64.5 Å². The molecule has 4 heterocycles. The molecule has 250 valence electrons. The van der Waals surface area contributed by atoms with Gasteiger partial charge in [-0.25, -0.2) is 9.97 Å². The largest absolute Gasteiger partial charge is 0.264 e. The number of fused-ring (bicyclic) bond motifs is 3. The van der Waals surface area contributed by atoms with Crippen LogP contribution >= 0.6 is 0 Å². The first-order chi connectivity index (χ1) is 26.7. The molecule has 0 saturated heterocycles. The van der Waals surface area contributed by atoms with Gasteiger partial charge in [-0.3, -0.25) is 4.98 Å². The lowest BCUT2D eigenvalue weighted by molar-refractivity contribution is 1.04. The first-order valence-corrected chi connectivity index (χ1v) is 18.1. The molecule has 0 aliphatic rings. The molecular weight excluding hydrogens is 659 g/mol. The molecule has 5 nitrogen and oxygen atoms in total. The smallest absolute Gasteiger partial charge is 0.0972 e. The third-order valence-corrected chi connectivity index (χ3v) is 10.6. The van der Waals surface area contributed by atoms with Crippen LogP contribution in [0.5, 0.6) is 0 Å². The molecule has 7 aromatic carbocycles. The van der Waals surface area contributed by atoms with Gasteiger partial charge in [0.2, 0.25) is 0 Å². The maximum Gasteiger partial charge on any atom is 0.0972 e. The van der Waals surface area contributed by atoms with E-state index in [-0.39, 0.29) is 0 Å². The highest BCUT2D eigenvalue weighted by Gasteiger charge is 2.14. The van der Waals surface area contributed by atoms with E-state index in [1.807, 2.05) is 24.3 Å². The minimum Gasteiger partial charge on any atom is -0.264 e. The van der Waals surface area contributed by atoms with Crippen molar-refractivity contribution >= 4 is 54.1 Å². The Hall–Kier alpha value is -7.37. The van der Waals surface area contributed by atoms with Crippen molar-refractivity contribution < 1.29 is 0 Å². The second-order valence-electron chi connectivity index (χ2n) is 13.8. The van der Waals surface area contributed by atoms with Gasteiger partial charge in [0, 0.05) is 45.4 Å². The first kappa shape index (κ1) is 30.3. The minimum atomic E-state index is 0.796. The van der Waals surface area contributed by atoms with Crippen LogP contribution in [0.2, 0.25) is 0 Å². The standard InChI is InChI=1S/C49H29N5/c1-3-34-14-15-36-18-22-40(41-23-19-35(4-1)46(34)47(36)41)30-6-8-31(9-7-30)42-24-20-37-16-17-38-21-25-43(52-49(38)48(37)51-42)32-10-12-33(13-11-32)44-26-27-45(54-53-44)39-5-2-28-50-29-39/h1-29H. The van der Waals surface area contributed by atoms with Gasteiger partial charge in [-0.1, -0.05) is 127 Å². The summed E-state index contributed by atoms with van der Waals surface area (Å²) in [7, 11) is 0. The van der Waals surface area contributed by atoms with Crippen LogP contribution in [-0.2, 0) is 0 Å². The summed E-state index contributed by atoms with van der Waals surface area (Å²) in [4.78, 5) is 14.6. The van der Waals surface area contributed by atoms with Crippen molar-refractivity contribution in [2.75, 3.05) is 0 Å². The van der Waals surface area contributed by atoms with Crippen molar-refractivity contribution in [1.29, 1.82) is 0 Å². The SMILES string of the molecule is c1cncc(-c2ccc(-c3ccc(-c4ccc5ccc6ccc(-c7ccc(-c8ccc9ccc%10cccc%11ccc8c9c%10%11)cc7)nc6c5n4)cc3)nn2)c1. The summed E-state index contributed by atoms with van der Waals surface area (Å²) in [5.74, 6) is 0. The van der Waals surface area contributed by atoms with Crippen LogP contribution in [0.3, 0.4) is 0 Å². The Balaban J connectivity index is 0.917. The highest BCUT2D eigenvalue weighted by Crippen LogP contribution is 2.40. The Kier molecular flexibility index (Phi) is 6.79. The molecule has 0 saturated carbocycles. The number of aromatic nitrogens is 5. The zero-order valence-electron chi connectivity index (χ0n) is 29.0. The van der Waals surface area contributed by atoms with Crippen molar-refractivity contribution in [3.05, 3.63) is 176 Å². The number of nitrogens with zero attached hydrogens (tertiary/aromatic N) is 5. The molecule has 0 atom stereocenters. The molecule has 5 heteroatoms. The van der Waals surface area contributed by atoms with Crippen molar-refractivity contribution in [1.82, 2.24) is 25.1 Å². The van der Waals surface area contributed by atoms with Crippen molar-refractivity contribution in [2.24, 2.45) is 0 Å². The van der Waals surface area contributed by atoms with E-state index < -0.39 is 0 Å². The van der Waals surface area contributed by atoms with E-state index in [2.05, 4.69) is 155 Å². The van der Waals surface area contributed by atoms with E-state index in [1.165, 1.54) is 43.4 Å². The summed E-state index contributed by atoms with van der Waals surface area (Å²) in [6.07, 6.45) is 3.55. The number of pyridine rings is 3. The molecule has 4 aromatic heterocycles.